The van der Waals surface area contributed by atoms with E-state index in [0.29, 0.717) is 6.61 Å². The first-order valence-corrected chi connectivity index (χ1v) is 10.3. The highest BCUT2D eigenvalue weighted by Crippen LogP contribution is 2.29. The van der Waals surface area contributed by atoms with Crippen molar-refractivity contribution >= 4 is 6.21 Å². The molecule has 2 unspecified atom stereocenters. The zero-order valence-corrected chi connectivity index (χ0v) is 19.1. The summed E-state index contributed by atoms with van der Waals surface area (Å²) in [4.78, 5) is 4.71. The van der Waals surface area contributed by atoms with E-state index in [9.17, 15) is 0 Å². The summed E-state index contributed by atoms with van der Waals surface area (Å²) in [6, 6.07) is 11.6. The van der Waals surface area contributed by atoms with Gasteiger partial charge in [-0.2, -0.15) is 0 Å². The van der Waals surface area contributed by atoms with Crippen LogP contribution in [0.25, 0.3) is 0 Å². The molecule has 5 heteroatoms. The number of oxime groups is 1. The Balaban J connectivity index is 1.98. The summed E-state index contributed by atoms with van der Waals surface area (Å²) in [7, 11) is 1.51. The molecule has 2 aromatic rings. The monoisotopic (exact) mass is 421 g/mol. The minimum absolute atomic E-state index is 0.279. The molecule has 0 saturated heterocycles. The summed E-state index contributed by atoms with van der Waals surface area (Å²) in [6.07, 6.45) is 5.00. The zero-order valence-electron chi connectivity index (χ0n) is 19.1. The van der Waals surface area contributed by atoms with Crippen LogP contribution in [-0.2, 0) is 4.84 Å². The molecule has 2 atom stereocenters. The Morgan fingerprint density at radius 1 is 0.968 bits per heavy atom. The third kappa shape index (κ3) is 8.10. The molecule has 164 valence electrons. The Bertz CT molecular complexity index is 946. The third-order valence-electron chi connectivity index (χ3n) is 4.28. The molecular weight excluding hydrogens is 390 g/mol. The lowest BCUT2D eigenvalue weighted by molar-refractivity contribution is 0.215. The lowest BCUT2D eigenvalue weighted by atomic mass is 10.1. The Morgan fingerprint density at radius 3 is 2.29 bits per heavy atom. The predicted molar refractivity (Wildman–Crippen MR) is 125 cm³/mol. The Hall–Kier alpha value is -3.39. The summed E-state index contributed by atoms with van der Waals surface area (Å²) in [6.45, 7) is 10.4. The maximum Gasteiger partial charge on any atom is 0.156 e. The maximum absolute atomic E-state index is 6.09. The molecule has 31 heavy (non-hydrogen) atoms. The fraction of sp³-hybridized carbons (Fsp3) is 0.346. The number of ether oxygens (including phenoxy) is 3. The topological polar surface area (TPSA) is 49.3 Å². The highest BCUT2D eigenvalue weighted by molar-refractivity contribution is 5.79. The summed E-state index contributed by atoms with van der Waals surface area (Å²) in [5.74, 6) is 8.62. The molecule has 0 radical (unpaired) electrons. The lowest BCUT2D eigenvalue weighted by Gasteiger charge is -2.16. The molecule has 0 amide bonds. The smallest absolute Gasteiger partial charge is 0.156 e. The number of nitrogens with zero attached hydrogens (tertiary/aromatic N) is 1. The van der Waals surface area contributed by atoms with Crippen molar-refractivity contribution in [2.45, 2.75) is 46.8 Å². The fourth-order valence-corrected chi connectivity index (χ4v) is 2.88. The molecule has 0 aromatic heterocycles. The second-order valence-electron chi connectivity index (χ2n) is 7.06. The SMILES string of the molecule is C/C=C/COc1cc(C)c(OC(C)C#CC(C)Oc2cccc(/C=N/OC)c2)c(C)c1. The van der Waals surface area contributed by atoms with Crippen molar-refractivity contribution in [2.24, 2.45) is 5.16 Å². The molecule has 0 fully saturated rings. The second kappa shape index (κ2) is 12.3. The van der Waals surface area contributed by atoms with Crippen molar-refractivity contribution in [3.8, 4) is 29.1 Å². The van der Waals surface area contributed by atoms with Crippen molar-refractivity contribution in [1.82, 2.24) is 0 Å². The van der Waals surface area contributed by atoms with Gasteiger partial charge in [0.05, 0.1) is 6.21 Å². The van der Waals surface area contributed by atoms with Gasteiger partial charge in [-0.25, -0.2) is 0 Å². The normalized spacial score (nSPS) is 12.8. The summed E-state index contributed by atoms with van der Waals surface area (Å²) < 4.78 is 17.7. The van der Waals surface area contributed by atoms with Crippen LogP contribution in [0.2, 0.25) is 0 Å². The standard InChI is InChI=1S/C26H31NO4/c1-7-8-14-29-25-15-19(2)26(20(3)16-25)31-22(5)13-12-21(4)30-24-11-9-10-23(17-24)18-27-28-6/h7-11,15-18,21-22H,14H2,1-6H3/b8-7+,27-18+. The number of allylic oxidation sites excluding steroid dienone is 1. The van der Waals surface area contributed by atoms with Crippen molar-refractivity contribution in [3.05, 3.63) is 65.2 Å². The molecule has 0 aliphatic rings. The molecule has 2 rings (SSSR count). The molecule has 5 nitrogen and oxygen atoms in total. The number of rotatable bonds is 9. The minimum Gasteiger partial charge on any atom is -0.490 e. The highest BCUT2D eigenvalue weighted by atomic mass is 16.6. The molecule has 0 heterocycles. The van der Waals surface area contributed by atoms with Gasteiger partial charge >= 0.3 is 0 Å². The third-order valence-corrected chi connectivity index (χ3v) is 4.28. The second-order valence-corrected chi connectivity index (χ2v) is 7.06. The van der Waals surface area contributed by atoms with Crippen molar-refractivity contribution < 1.29 is 19.0 Å². The van der Waals surface area contributed by atoms with Crippen LogP contribution in [0.4, 0.5) is 0 Å². The van der Waals surface area contributed by atoms with E-state index in [2.05, 4.69) is 17.0 Å². The van der Waals surface area contributed by atoms with E-state index < -0.39 is 0 Å². The number of hydrogen-bond donors (Lipinski definition) is 0. The molecular formula is C26H31NO4. The van der Waals surface area contributed by atoms with Gasteiger partial charge in [0, 0.05) is 0 Å². The average Bonchev–Trinajstić information content (AvgIpc) is 2.74. The first-order valence-electron chi connectivity index (χ1n) is 10.3. The molecule has 0 aliphatic heterocycles. The van der Waals surface area contributed by atoms with Crippen LogP contribution in [0.15, 0.2) is 53.7 Å². The first kappa shape index (κ1) is 23.9. The van der Waals surface area contributed by atoms with Crippen LogP contribution in [0.5, 0.6) is 17.2 Å². The molecule has 0 N–H and O–H groups in total. The van der Waals surface area contributed by atoms with E-state index in [-0.39, 0.29) is 12.2 Å². The molecule has 0 aliphatic carbocycles. The van der Waals surface area contributed by atoms with Crippen molar-refractivity contribution in [1.29, 1.82) is 0 Å². The van der Waals surface area contributed by atoms with Gasteiger partial charge in [-0.15, -0.1) is 0 Å². The Morgan fingerprint density at radius 2 is 1.65 bits per heavy atom. The van der Waals surface area contributed by atoms with Gasteiger partial charge in [-0.05, 0) is 75.6 Å². The van der Waals surface area contributed by atoms with Crippen LogP contribution in [0, 0.1) is 25.7 Å². The summed E-state index contributed by atoms with van der Waals surface area (Å²) >= 11 is 0. The van der Waals surface area contributed by atoms with E-state index >= 15 is 0 Å². The van der Waals surface area contributed by atoms with Crippen LogP contribution >= 0.6 is 0 Å². The van der Waals surface area contributed by atoms with Gasteiger partial charge in [0.25, 0.3) is 0 Å². The highest BCUT2D eigenvalue weighted by Gasteiger charge is 2.10. The van der Waals surface area contributed by atoms with E-state index in [1.54, 1.807) is 6.21 Å². The number of benzene rings is 2. The lowest BCUT2D eigenvalue weighted by Crippen LogP contribution is -2.14. The van der Waals surface area contributed by atoms with Gasteiger partial charge < -0.3 is 19.0 Å². The van der Waals surface area contributed by atoms with E-state index in [0.717, 1.165) is 33.9 Å². The van der Waals surface area contributed by atoms with E-state index in [4.69, 9.17) is 19.0 Å². The van der Waals surface area contributed by atoms with E-state index in [1.165, 1.54) is 7.11 Å². The fourth-order valence-electron chi connectivity index (χ4n) is 2.88. The number of hydrogen-bond acceptors (Lipinski definition) is 5. The van der Waals surface area contributed by atoms with Crippen LogP contribution in [0.3, 0.4) is 0 Å². The van der Waals surface area contributed by atoms with Gasteiger partial charge in [0.15, 0.2) is 12.2 Å². The molecule has 2 aromatic carbocycles. The zero-order chi connectivity index (χ0) is 22.6. The summed E-state index contributed by atoms with van der Waals surface area (Å²) in [5, 5.41) is 3.76. The number of aryl methyl sites for hydroxylation is 2. The predicted octanol–water partition coefficient (Wildman–Crippen LogP) is 5.48. The summed E-state index contributed by atoms with van der Waals surface area (Å²) in [5.41, 5.74) is 2.92. The van der Waals surface area contributed by atoms with Crippen LogP contribution in [-0.4, -0.2) is 32.1 Å². The molecule has 0 spiro atoms. The van der Waals surface area contributed by atoms with Crippen molar-refractivity contribution in [3.63, 3.8) is 0 Å². The largest absolute Gasteiger partial charge is 0.490 e. The maximum atomic E-state index is 6.09. The quantitative estimate of drug-likeness (QED) is 0.233. The first-order chi connectivity index (χ1) is 14.9. The minimum atomic E-state index is -0.287. The van der Waals surface area contributed by atoms with Crippen molar-refractivity contribution in [2.75, 3.05) is 13.7 Å². The Kier molecular flexibility index (Phi) is 9.51. The van der Waals surface area contributed by atoms with E-state index in [1.807, 2.05) is 83.2 Å². The van der Waals surface area contributed by atoms with Gasteiger partial charge in [0.2, 0.25) is 0 Å². The Labute approximate surface area is 185 Å². The van der Waals surface area contributed by atoms with Gasteiger partial charge in [-0.3, -0.25) is 0 Å². The average molecular weight is 422 g/mol. The van der Waals surface area contributed by atoms with Gasteiger partial charge in [-0.1, -0.05) is 41.3 Å². The van der Waals surface area contributed by atoms with Crippen LogP contribution < -0.4 is 14.2 Å². The molecule has 0 saturated carbocycles. The van der Waals surface area contributed by atoms with Gasteiger partial charge in [0.1, 0.15) is 31.0 Å². The van der Waals surface area contributed by atoms with Crippen LogP contribution in [0.1, 0.15) is 37.5 Å². The molecule has 0 bridgehead atoms.